The Morgan fingerprint density at radius 3 is 2.79 bits per heavy atom. The molecular weight excluding hydrogens is 306 g/mol. The molecule has 8 nitrogen and oxygen atoms in total. The quantitative estimate of drug-likeness (QED) is 0.857. The molecule has 0 saturated carbocycles. The van der Waals surface area contributed by atoms with Crippen molar-refractivity contribution >= 4 is 17.3 Å². The first-order valence-corrected chi connectivity index (χ1v) is 8.39. The molecule has 0 aliphatic carbocycles. The third-order valence-corrected chi connectivity index (χ3v) is 4.84. The third-order valence-electron chi connectivity index (χ3n) is 4.84. The number of benzene rings is 1. The highest BCUT2D eigenvalue weighted by atomic mass is 16.2. The SMILES string of the molecule is O=C1N(CCCn2cnnn2)c2ccccc2NC12CCNCC2. The number of carbonyl (C=O) groups excluding carboxylic acids is 1. The number of tetrazole rings is 1. The van der Waals surface area contributed by atoms with Crippen LogP contribution in [0.5, 0.6) is 0 Å². The van der Waals surface area contributed by atoms with Gasteiger partial charge in [0.2, 0.25) is 0 Å². The number of aryl methyl sites for hydroxylation is 1. The average Bonchev–Trinajstić information content (AvgIpc) is 3.13. The van der Waals surface area contributed by atoms with Crippen LogP contribution in [0.1, 0.15) is 19.3 Å². The topological polar surface area (TPSA) is 88.0 Å². The Bertz CT molecular complexity index is 709. The molecule has 2 N–H and O–H groups in total. The molecule has 1 fully saturated rings. The summed E-state index contributed by atoms with van der Waals surface area (Å²) in [4.78, 5) is 15.2. The van der Waals surface area contributed by atoms with E-state index in [0.717, 1.165) is 43.7 Å². The van der Waals surface area contributed by atoms with Crippen LogP contribution in [0.2, 0.25) is 0 Å². The van der Waals surface area contributed by atoms with Gasteiger partial charge in [0.25, 0.3) is 5.91 Å². The first-order chi connectivity index (χ1) is 11.8. The molecule has 2 aliphatic heterocycles. The van der Waals surface area contributed by atoms with Gasteiger partial charge in [0.05, 0.1) is 11.4 Å². The largest absolute Gasteiger partial charge is 0.369 e. The van der Waals surface area contributed by atoms with Gasteiger partial charge in [0, 0.05) is 13.1 Å². The molecule has 126 valence electrons. The minimum atomic E-state index is -0.478. The van der Waals surface area contributed by atoms with Crippen molar-refractivity contribution in [3.05, 3.63) is 30.6 Å². The number of carbonyl (C=O) groups is 1. The molecule has 2 aromatic rings. The Morgan fingerprint density at radius 1 is 1.17 bits per heavy atom. The van der Waals surface area contributed by atoms with E-state index in [1.165, 1.54) is 0 Å². The number of aromatic nitrogens is 4. The van der Waals surface area contributed by atoms with Crippen LogP contribution in [0.25, 0.3) is 0 Å². The predicted molar refractivity (Wildman–Crippen MR) is 89.7 cm³/mol. The first-order valence-electron chi connectivity index (χ1n) is 8.39. The van der Waals surface area contributed by atoms with Gasteiger partial charge in [-0.3, -0.25) is 4.79 Å². The zero-order valence-electron chi connectivity index (χ0n) is 13.5. The summed E-state index contributed by atoms with van der Waals surface area (Å²) in [5.74, 6) is 0.180. The van der Waals surface area contributed by atoms with Gasteiger partial charge >= 0.3 is 0 Å². The van der Waals surface area contributed by atoms with Gasteiger partial charge in [-0.05, 0) is 54.9 Å². The highest BCUT2D eigenvalue weighted by molar-refractivity contribution is 6.08. The monoisotopic (exact) mass is 327 g/mol. The molecule has 1 aromatic heterocycles. The van der Waals surface area contributed by atoms with Gasteiger partial charge in [-0.2, -0.15) is 0 Å². The van der Waals surface area contributed by atoms with Crippen molar-refractivity contribution in [3.8, 4) is 0 Å². The van der Waals surface area contributed by atoms with E-state index in [0.29, 0.717) is 13.1 Å². The molecule has 4 rings (SSSR count). The average molecular weight is 327 g/mol. The minimum Gasteiger partial charge on any atom is -0.369 e. The Hall–Kier alpha value is -2.48. The highest BCUT2D eigenvalue weighted by Gasteiger charge is 2.46. The van der Waals surface area contributed by atoms with Crippen LogP contribution in [-0.2, 0) is 11.3 Å². The molecule has 1 amide bonds. The summed E-state index contributed by atoms with van der Waals surface area (Å²) in [6, 6.07) is 8.04. The first kappa shape index (κ1) is 15.1. The van der Waals surface area contributed by atoms with Gasteiger partial charge in [-0.15, -0.1) is 5.10 Å². The standard InChI is InChI=1S/C16H21N7O/c24-15-16(6-8-17-9-7-16)19-13-4-1-2-5-14(13)23(15)11-3-10-22-12-18-20-21-22/h1-2,4-5,12,17,19H,3,6-11H2. The molecule has 1 aromatic carbocycles. The van der Waals surface area contributed by atoms with Gasteiger partial charge in [-0.25, -0.2) is 4.68 Å². The van der Waals surface area contributed by atoms with Crippen molar-refractivity contribution in [1.82, 2.24) is 25.5 Å². The summed E-state index contributed by atoms with van der Waals surface area (Å²) in [6.07, 6.45) is 4.02. The Kier molecular flexibility index (Phi) is 3.89. The van der Waals surface area contributed by atoms with Crippen LogP contribution in [0.3, 0.4) is 0 Å². The van der Waals surface area contributed by atoms with Crippen molar-refractivity contribution in [2.75, 3.05) is 29.9 Å². The van der Waals surface area contributed by atoms with Gasteiger partial charge < -0.3 is 15.5 Å². The van der Waals surface area contributed by atoms with E-state index in [1.54, 1.807) is 11.0 Å². The maximum atomic E-state index is 13.2. The van der Waals surface area contributed by atoms with E-state index in [1.807, 2.05) is 23.1 Å². The molecule has 2 aliphatic rings. The van der Waals surface area contributed by atoms with Crippen LogP contribution in [0.15, 0.2) is 30.6 Å². The number of nitrogens with one attached hydrogen (secondary N) is 2. The van der Waals surface area contributed by atoms with Crippen LogP contribution < -0.4 is 15.5 Å². The molecule has 1 saturated heterocycles. The Morgan fingerprint density at radius 2 is 2.00 bits per heavy atom. The van der Waals surface area contributed by atoms with Crippen LogP contribution in [-0.4, -0.2) is 51.3 Å². The fourth-order valence-electron chi connectivity index (χ4n) is 3.58. The predicted octanol–water partition coefficient (Wildman–Crippen LogP) is 0.644. The van der Waals surface area contributed by atoms with E-state index in [9.17, 15) is 4.79 Å². The lowest BCUT2D eigenvalue weighted by Gasteiger charge is -2.46. The zero-order chi connectivity index (χ0) is 16.4. The molecule has 0 atom stereocenters. The number of hydrogen-bond donors (Lipinski definition) is 2. The lowest BCUT2D eigenvalue weighted by Crippen LogP contribution is -2.61. The smallest absolute Gasteiger partial charge is 0.252 e. The molecule has 0 unspecified atom stereocenters. The lowest BCUT2D eigenvalue weighted by molar-refractivity contribution is -0.124. The van der Waals surface area contributed by atoms with E-state index >= 15 is 0 Å². The summed E-state index contributed by atoms with van der Waals surface area (Å²) in [6.45, 7) is 3.08. The molecule has 24 heavy (non-hydrogen) atoms. The lowest BCUT2D eigenvalue weighted by atomic mass is 9.84. The number of hydrogen-bond acceptors (Lipinski definition) is 6. The molecule has 3 heterocycles. The number of fused-ring (bicyclic) bond motifs is 1. The van der Waals surface area contributed by atoms with E-state index in [-0.39, 0.29) is 5.91 Å². The molecule has 8 heteroatoms. The number of anilines is 2. The second-order valence-electron chi connectivity index (χ2n) is 6.36. The minimum absolute atomic E-state index is 0.180. The van der Waals surface area contributed by atoms with Crippen molar-refractivity contribution in [2.24, 2.45) is 0 Å². The number of rotatable bonds is 4. The maximum Gasteiger partial charge on any atom is 0.252 e. The summed E-state index contributed by atoms with van der Waals surface area (Å²) in [7, 11) is 0. The summed E-state index contributed by atoms with van der Waals surface area (Å²) in [5.41, 5.74) is 1.53. The van der Waals surface area contributed by atoms with Gasteiger partial charge in [0.1, 0.15) is 11.9 Å². The number of nitrogens with zero attached hydrogens (tertiary/aromatic N) is 5. The van der Waals surface area contributed by atoms with Crippen molar-refractivity contribution in [3.63, 3.8) is 0 Å². The van der Waals surface area contributed by atoms with E-state index in [2.05, 4.69) is 32.2 Å². The van der Waals surface area contributed by atoms with Crippen molar-refractivity contribution < 1.29 is 4.79 Å². The van der Waals surface area contributed by atoms with E-state index < -0.39 is 5.54 Å². The normalized spacial score (nSPS) is 19.2. The van der Waals surface area contributed by atoms with Crippen molar-refractivity contribution in [1.29, 1.82) is 0 Å². The fourth-order valence-corrected chi connectivity index (χ4v) is 3.58. The van der Waals surface area contributed by atoms with E-state index in [4.69, 9.17) is 0 Å². The molecule has 0 bridgehead atoms. The second-order valence-corrected chi connectivity index (χ2v) is 6.36. The van der Waals surface area contributed by atoms with Gasteiger partial charge in [0.15, 0.2) is 0 Å². The number of piperidine rings is 1. The summed E-state index contributed by atoms with van der Waals surface area (Å²) in [5, 5.41) is 18.0. The van der Waals surface area contributed by atoms with Crippen LogP contribution in [0, 0.1) is 0 Å². The molecule has 0 radical (unpaired) electrons. The fraction of sp³-hybridized carbons (Fsp3) is 0.500. The number of amides is 1. The van der Waals surface area contributed by atoms with Crippen LogP contribution in [0.4, 0.5) is 11.4 Å². The number of para-hydroxylation sites is 2. The molecule has 1 spiro atoms. The third kappa shape index (κ3) is 2.62. The summed E-state index contributed by atoms with van der Waals surface area (Å²) >= 11 is 0. The second kappa shape index (κ2) is 6.20. The van der Waals surface area contributed by atoms with Crippen LogP contribution >= 0.6 is 0 Å². The zero-order valence-corrected chi connectivity index (χ0v) is 13.5. The Labute approximate surface area is 140 Å². The molecular formula is C16H21N7O. The van der Waals surface area contributed by atoms with Crippen molar-refractivity contribution in [2.45, 2.75) is 31.3 Å². The maximum absolute atomic E-state index is 13.2. The van der Waals surface area contributed by atoms with Gasteiger partial charge in [-0.1, -0.05) is 12.1 Å². The summed E-state index contributed by atoms with van der Waals surface area (Å²) < 4.78 is 1.69. The Balaban J connectivity index is 1.57. The highest BCUT2D eigenvalue weighted by Crippen LogP contribution is 2.38.